The molecule has 1 aromatic rings. The van der Waals surface area contributed by atoms with E-state index in [-0.39, 0.29) is 11.3 Å². The fourth-order valence-corrected chi connectivity index (χ4v) is 2.30. The van der Waals surface area contributed by atoms with Gasteiger partial charge in [0.05, 0.1) is 5.02 Å². The van der Waals surface area contributed by atoms with Gasteiger partial charge in [-0.15, -0.1) is 0 Å². The lowest BCUT2D eigenvalue weighted by molar-refractivity contribution is 0.471. The van der Waals surface area contributed by atoms with Gasteiger partial charge in [0.2, 0.25) is 0 Å². The lowest BCUT2D eigenvalue weighted by atomic mass is 9.90. The van der Waals surface area contributed by atoms with Crippen LogP contribution in [-0.2, 0) is 12.8 Å². The highest BCUT2D eigenvalue weighted by Gasteiger charge is 2.18. The van der Waals surface area contributed by atoms with Gasteiger partial charge >= 0.3 is 0 Å². The summed E-state index contributed by atoms with van der Waals surface area (Å²) in [4.78, 5) is 0. The van der Waals surface area contributed by atoms with E-state index in [4.69, 9.17) is 16.9 Å². The minimum Gasteiger partial charge on any atom is -0.507 e. The highest BCUT2D eigenvalue weighted by Crippen LogP contribution is 2.35. The van der Waals surface area contributed by atoms with Crippen LogP contribution in [0.25, 0.3) is 0 Å². The number of aryl methyl sites for hydroxylation is 1. The molecule has 0 aliphatic heterocycles. The maximum atomic E-state index is 9.54. The van der Waals surface area contributed by atoms with Crippen LogP contribution >= 0.6 is 11.6 Å². The minimum absolute atomic E-state index is 0.0122. The van der Waals surface area contributed by atoms with E-state index in [0.29, 0.717) is 5.02 Å². The number of hydrogen-bond donors (Lipinski definition) is 1. The average Bonchev–Trinajstić information content (AvgIpc) is 2.18. The number of phenols is 1. The molecule has 1 aliphatic rings. The van der Waals surface area contributed by atoms with Gasteiger partial charge in [-0.1, -0.05) is 11.6 Å². The monoisotopic (exact) mass is 207 g/mol. The first kappa shape index (κ1) is 9.36. The van der Waals surface area contributed by atoms with Gasteiger partial charge in [-0.3, -0.25) is 0 Å². The van der Waals surface area contributed by atoms with E-state index in [1.807, 2.05) is 6.07 Å². The normalized spacial score (nSPS) is 14.6. The summed E-state index contributed by atoms with van der Waals surface area (Å²) in [6, 6.07) is 3.61. The summed E-state index contributed by atoms with van der Waals surface area (Å²) in [5.41, 5.74) is 2.36. The van der Waals surface area contributed by atoms with Crippen LogP contribution < -0.4 is 0 Å². The lowest BCUT2D eigenvalue weighted by Crippen LogP contribution is -2.04. The Morgan fingerprint density at radius 1 is 1.36 bits per heavy atom. The van der Waals surface area contributed by atoms with Crippen molar-refractivity contribution in [2.45, 2.75) is 25.7 Å². The van der Waals surface area contributed by atoms with E-state index in [0.717, 1.165) is 36.8 Å². The largest absolute Gasteiger partial charge is 0.507 e. The van der Waals surface area contributed by atoms with Crippen molar-refractivity contribution in [2.24, 2.45) is 0 Å². The van der Waals surface area contributed by atoms with Gasteiger partial charge in [0.1, 0.15) is 17.4 Å². The number of fused-ring (bicyclic) bond motifs is 1. The molecule has 0 saturated heterocycles. The molecule has 0 aromatic heterocycles. The number of aromatic hydroxyl groups is 1. The molecular weight excluding hydrogens is 198 g/mol. The predicted octanol–water partition coefficient (Wildman–Crippen LogP) is 2.80. The predicted molar refractivity (Wildman–Crippen MR) is 54.5 cm³/mol. The van der Waals surface area contributed by atoms with Crippen LogP contribution in [0.1, 0.15) is 29.5 Å². The summed E-state index contributed by atoms with van der Waals surface area (Å²) in [6.07, 6.45) is 4.12. The van der Waals surface area contributed by atoms with Crippen molar-refractivity contribution in [3.63, 3.8) is 0 Å². The third-order valence-electron chi connectivity index (χ3n) is 2.67. The molecule has 2 rings (SSSR count). The number of hydrogen-bond acceptors (Lipinski definition) is 2. The zero-order valence-corrected chi connectivity index (χ0v) is 8.43. The highest BCUT2D eigenvalue weighted by atomic mass is 35.5. The van der Waals surface area contributed by atoms with Gasteiger partial charge in [-0.2, -0.15) is 5.26 Å². The van der Waals surface area contributed by atoms with Crippen molar-refractivity contribution in [3.05, 3.63) is 27.8 Å². The first-order chi connectivity index (χ1) is 6.74. The fraction of sp³-hybridized carbons (Fsp3) is 0.364. The number of nitrogens with zero attached hydrogens (tertiary/aromatic N) is 1. The third kappa shape index (κ3) is 1.34. The quantitative estimate of drug-likeness (QED) is 0.711. The molecule has 0 radical (unpaired) electrons. The summed E-state index contributed by atoms with van der Waals surface area (Å²) < 4.78 is 0. The smallest absolute Gasteiger partial charge is 0.135 e. The molecule has 0 saturated carbocycles. The van der Waals surface area contributed by atoms with Gasteiger partial charge in [0.15, 0.2) is 0 Å². The minimum atomic E-state index is 0.0122. The first-order valence-corrected chi connectivity index (χ1v) is 5.05. The Bertz CT molecular complexity index is 420. The van der Waals surface area contributed by atoms with Crippen LogP contribution in [0.4, 0.5) is 0 Å². The number of rotatable bonds is 0. The van der Waals surface area contributed by atoms with E-state index in [9.17, 15) is 5.11 Å². The Hall–Kier alpha value is -1.20. The number of benzene rings is 1. The molecule has 14 heavy (non-hydrogen) atoms. The van der Waals surface area contributed by atoms with E-state index in [1.54, 1.807) is 6.07 Å². The summed E-state index contributed by atoms with van der Waals surface area (Å²) in [7, 11) is 0. The van der Waals surface area contributed by atoms with Crippen LogP contribution in [0.5, 0.6) is 5.75 Å². The van der Waals surface area contributed by atoms with Crippen molar-refractivity contribution in [1.82, 2.24) is 0 Å². The average molecular weight is 208 g/mol. The second kappa shape index (κ2) is 3.51. The van der Waals surface area contributed by atoms with Crippen LogP contribution in [0.2, 0.25) is 5.02 Å². The molecule has 0 bridgehead atoms. The third-order valence-corrected chi connectivity index (χ3v) is 3.09. The van der Waals surface area contributed by atoms with E-state index >= 15 is 0 Å². The number of halogens is 1. The molecule has 0 heterocycles. The van der Waals surface area contributed by atoms with Gasteiger partial charge in [-0.05, 0) is 42.9 Å². The standard InChI is InChI=1S/C11H10ClNO/c12-11-8-4-2-1-3-7(8)5-10(14)9(11)6-13/h5,14H,1-4H2. The summed E-state index contributed by atoms with van der Waals surface area (Å²) in [5, 5.41) is 18.8. The Labute approximate surface area is 87.7 Å². The zero-order chi connectivity index (χ0) is 10.1. The van der Waals surface area contributed by atoms with Crippen LogP contribution in [0.3, 0.4) is 0 Å². The van der Waals surface area contributed by atoms with Crippen molar-refractivity contribution >= 4 is 11.6 Å². The molecule has 0 unspecified atom stereocenters. The molecule has 72 valence electrons. The topological polar surface area (TPSA) is 44.0 Å². The molecule has 1 N–H and O–H groups in total. The second-order valence-electron chi connectivity index (χ2n) is 3.54. The Morgan fingerprint density at radius 2 is 2.07 bits per heavy atom. The van der Waals surface area contributed by atoms with Crippen molar-refractivity contribution in [3.8, 4) is 11.8 Å². The molecular formula is C11H10ClNO. The summed E-state index contributed by atoms with van der Waals surface area (Å²) in [5.74, 6) is 0.0122. The second-order valence-corrected chi connectivity index (χ2v) is 3.92. The van der Waals surface area contributed by atoms with Crippen LogP contribution in [-0.4, -0.2) is 5.11 Å². The Balaban J connectivity index is 2.65. The van der Waals surface area contributed by atoms with Crippen molar-refractivity contribution in [1.29, 1.82) is 5.26 Å². The van der Waals surface area contributed by atoms with Crippen LogP contribution in [0, 0.1) is 11.3 Å². The van der Waals surface area contributed by atoms with Gasteiger partial charge < -0.3 is 5.11 Å². The van der Waals surface area contributed by atoms with Gasteiger partial charge in [0.25, 0.3) is 0 Å². The lowest BCUT2D eigenvalue weighted by Gasteiger charge is -2.18. The molecule has 1 aromatic carbocycles. The summed E-state index contributed by atoms with van der Waals surface area (Å²) in [6.45, 7) is 0. The van der Waals surface area contributed by atoms with E-state index in [1.165, 1.54) is 0 Å². The maximum absolute atomic E-state index is 9.54. The van der Waals surface area contributed by atoms with E-state index < -0.39 is 0 Å². The first-order valence-electron chi connectivity index (χ1n) is 4.67. The number of nitriles is 1. The highest BCUT2D eigenvalue weighted by molar-refractivity contribution is 6.32. The Kier molecular flexibility index (Phi) is 2.35. The number of phenolic OH excluding ortho intramolecular Hbond substituents is 1. The molecule has 1 aliphatic carbocycles. The molecule has 0 atom stereocenters. The molecule has 0 amide bonds. The molecule has 0 fully saturated rings. The fourth-order valence-electron chi connectivity index (χ4n) is 1.95. The zero-order valence-electron chi connectivity index (χ0n) is 7.68. The van der Waals surface area contributed by atoms with E-state index in [2.05, 4.69) is 0 Å². The molecule has 2 nitrogen and oxygen atoms in total. The van der Waals surface area contributed by atoms with Crippen molar-refractivity contribution < 1.29 is 5.11 Å². The van der Waals surface area contributed by atoms with Gasteiger partial charge in [-0.25, -0.2) is 0 Å². The SMILES string of the molecule is N#Cc1c(O)cc2c(c1Cl)CCCC2. The molecule has 3 heteroatoms. The van der Waals surface area contributed by atoms with Gasteiger partial charge in [0, 0.05) is 0 Å². The Morgan fingerprint density at radius 3 is 2.79 bits per heavy atom. The maximum Gasteiger partial charge on any atom is 0.135 e. The van der Waals surface area contributed by atoms with Crippen LogP contribution in [0.15, 0.2) is 6.07 Å². The summed E-state index contributed by atoms with van der Waals surface area (Å²) >= 11 is 6.05. The van der Waals surface area contributed by atoms with Crippen molar-refractivity contribution in [2.75, 3.05) is 0 Å². The molecule has 0 spiro atoms.